The molecule has 0 atom stereocenters. The predicted molar refractivity (Wildman–Crippen MR) is 97.8 cm³/mol. The largest absolute Gasteiger partial charge is 0.395 e. The number of benzene rings is 1. The molecule has 144 valence electrons. The first-order chi connectivity index (χ1) is 13.1. The second-order valence-electron chi connectivity index (χ2n) is 6.22. The van der Waals surface area contributed by atoms with Crippen LogP contribution < -0.4 is 10.6 Å². The van der Waals surface area contributed by atoms with Gasteiger partial charge in [0.05, 0.1) is 32.9 Å². The molecule has 9 nitrogen and oxygen atoms in total. The molecule has 0 saturated carbocycles. The topological polar surface area (TPSA) is 111 Å². The van der Waals surface area contributed by atoms with Gasteiger partial charge in [-0.25, -0.2) is 0 Å². The Labute approximate surface area is 156 Å². The number of nitrogens with one attached hydrogen (secondary N) is 2. The summed E-state index contributed by atoms with van der Waals surface area (Å²) >= 11 is 0. The molecule has 0 bridgehead atoms. The molecule has 1 saturated heterocycles. The maximum Gasteiger partial charge on any atom is 0.277 e. The fourth-order valence-corrected chi connectivity index (χ4v) is 2.87. The summed E-state index contributed by atoms with van der Waals surface area (Å²) < 4.78 is 5.26. The van der Waals surface area contributed by atoms with E-state index < -0.39 is 11.8 Å². The molecule has 0 spiro atoms. The zero-order valence-electron chi connectivity index (χ0n) is 14.8. The second-order valence-corrected chi connectivity index (χ2v) is 6.22. The molecule has 1 fully saturated rings. The molecule has 3 amide bonds. The van der Waals surface area contributed by atoms with Gasteiger partial charge in [0, 0.05) is 30.5 Å². The van der Waals surface area contributed by atoms with Crippen molar-refractivity contribution in [2.24, 2.45) is 0 Å². The van der Waals surface area contributed by atoms with Crippen LogP contribution in [0.3, 0.4) is 0 Å². The van der Waals surface area contributed by atoms with E-state index in [2.05, 4.69) is 10.6 Å². The second kappa shape index (κ2) is 8.76. The van der Waals surface area contributed by atoms with Crippen LogP contribution >= 0.6 is 0 Å². The van der Waals surface area contributed by atoms with E-state index in [4.69, 9.17) is 9.84 Å². The van der Waals surface area contributed by atoms with Gasteiger partial charge in [-0.05, 0) is 24.3 Å². The predicted octanol–water partition coefficient (Wildman–Crippen LogP) is -0.386. The number of carbonyl (C=O) groups excluding carboxylic acids is 3. The van der Waals surface area contributed by atoms with Crippen molar-refractivity contribution in [3.8, 4) is 0 Å². The van der Waals surface area contributed by atoms with Crippen LogP contribution in [0.15, 0.2) is 36.0 Å². The summed E-state index contributed by atoms with van der Waals surface area (Å²) in [5, 5.41) is 14.6. The molecule has 3 rings (SSSR count). The smallest absolute Gasteiger partial charge is 0.277 e. The lowest BCUT2D eigenvalue weighted by atomic mass is 10.2. The number of β-amino-alcohol motifs (C(OH)–C–C–N with tert-alkyl or cyclic N) is 1. The van der Waals surface area contributed by atoms with E-state index in [0.29, 0.717) is 31.1 Å². The first-order valence-corrected chi connectivity index (χ1v) is 8.72. The zero-order chi connectivity index (χ0) is 19.2. The number of anilines is 2. The van der Waals surface area contributed by atoms with Gasteiger partial charge >= 0.3 is 0 Å². The fourth-order valence-electron chi connectivity index (χ4n) is 2.87. The third kappa shape index (κ3) is 4.91. The van der Waals surface area contributed by atoms with E-state index in [9.17, 15) is 14.4 Å². The van der Waals surface area contributed by atoms with Crippen molar-refractivity contribution in [3.05, 3.63) is 36.0 Å². The van der Waals surface area contributed by atoms with E-state index >= 15 is 0 Å². The van der Waals surface area contributed by atoms with E-state index in [-0.39, 0.29) is 24.8 Å². The third-order valence-corrected chi connectivity index (χ3v) is 4.25. The lowest BCUT2D eigenvalue weighted by Gasteiger charge is -2.25. The highest BCUT2D eigenvalue weighted by Crippen LogP contribution is 2.19. The van der Waals surface area contributed by atoms with Crippen molar-refractivity contribution in [2.45, 2.75) is 0 Å². The molecule has 1 aromatic rings. The average Bonchev–Trinajstić information content (AvgIpc) is 2.92. The molecule has 27 heavy (non-hydrogen) atoms. The lowest BCUT2D eigenvalue weighted by Crippen LogP contribution is -2.41. The van der Waals surface area contributed by atoms with Crippen LogP contribution in [0.2, 0.25) is 0 Å². The molecule has 0 unspecified atom stereocenters. The first kappa shape index (κ1) is 19.0. The fraction of sp³-hybridized carbons (Fsp3) is 0.389. The normalized spacial score (nSPS) is 17.8. The Kier molecular flexibility index (Phi) is 6.17. The van der Waals surface area contributed by atoms with Gasteiger partial charge in [-0.1, -0.05) is 0 Å². The van der Waals surface area contributed by atoms with Gasteiger partial charge in [-0.15, -0.1) is 0 Å². The number of hydrogen-bond acceptors (Lipinski definition) is 7. The van der Waals surface area contributed by atoms with Crippen molar-refractivity contribution < 1.29 is 24.2 Å². The van der Waals surface area contributed by atoms with Crippen LogP contribution in [0.5, 0.6) is 0 Å². The SMILES string of the molecule is O=C(CN1CCOCC1)Nc1ccc(NC2=CC(=O)N(CCO)C2=O)cc1. The van der Waals surface area contributed by atoms with E-state index in [1.807, 2.05) is 4.90 Å². The highest BCUT2D eigenvalue weighted by Gasteiger charge is 2.30. The molecule has 2 aliphatic rings. The number of hydrogen-bond donors (Lipinski definition) is 3. The molecule has 3 N–H and O–H groups in total. The number of ether oxygens (including phenoxy) is 1. The third-order valence-electron chi connectivity index (χ3n) is 4.25. The van der Waals surface area contributed by atoms with Crippen LogP contribution in [0, 0.1) is 0 Å². The Bertz CT molecular complexity index is 741. The van der Waals surface area contributed by atoms with Crippen molar-refractivity contribution in [1.29, 1.82) is 0 Å². The minimum Gasteiger partial charge on any atom is -0.395 e. The first-order valence-electron chi connectivity index (χ1n) is 8.72. The molecular formula is C18H22N4O5. The minimum absolute atomic E-state index is 0.0343. The average molecular weight is 374 g/mol. The van der Waals surface area contributed by atoms with Crippen molar-refractivity contribution in [1.82, 2.24) is 9.80 Å². The Balaban J connectivity index is 1.53. The molecule has 0 aliphatic carbocycles. The number of rotatable bonds is 7. The number of nitrogens with zero attached hydrogens (tertiary/aromatic N) is 2. The number of aliphatic hydroxyl groups excluding tert-OH is 1. The van der Waals surface area contributed by atoms with Crippen molar-refractivity contribution in [3.63, 3.8) is 0 Å². The van der Waals surface area contributed by atoms with E-state index in [1.165, 1.54) is 6.08 Å². The van der Waals surface area contributed by atoms with Crippen LogP contribution in [0.1, 0.15) is 0 Å². The molecule has 9 heteroatoms. The lowest BCUT2D eigenvalue weighted by molar-refractivity contribution is -0.137. The summed E-state index contributed by atoms with van der Waals surface area (Å²) in [6.45, 7) is 2.76. The minimum atomic E-state index is -0.475. The van der Waals surface area contributed by atoms with Crippen LogP contribution in [0.25, 0.3) is 0 Å². The number of carbonyl (C=O) groups is 3. The molecule has 0 aromatic heterocycles. The molecule has 2 heterocycles. The summed E-state index contributed by atoms with van der Waals surface area (Å²) in [7, 11) is 0. The van der Waals surface area contributed by atoms with Gasteiger partial charge < -0.3 is 20.5 Å². The number of morpholine rings is 1. The molecule has 1 aromatic carbocycles. The van der Waals surface area contributed by atoms with Gasteiger partial charge in [0.1, 0.15) is 5.70 Å². The summed E-state index contributed by atoms with van der Waals surface area (Å²) in [6, 6.07) is 6.84. The van der Waals surface area contributed by atoms with E-state index in [1.54, 1.807) is 24.3 Å². The number of imide groups is 1. The maximum absolute atomic E-state index is 12.1. The maximum atomic E-state index is 12.1. The standard InChI is InChI=1S/C18H22N4O5/c23-8-5-22-17(25)11-15(18(22)26)19-13-1-3-14(4-2-13)20-16(24)12-21-6-9-27-10-7-21/h1-4,11,19,23H,5-10,12H2,(H,20,24). The van der Waals surface area contributed by atoms with Gasteiger partial charge in [0.15, 0.2) is 0 Å². The van der Waals surface area contributed by atoms with Gasteiger partial charge in [0.2, 0.25) is 5.91 Å². The highest BCUT2D eigenvalue weighted by molar-refractivity contribution is 6.17. The van der Waals surface area contributed by atoms with Crippen LogP contribution in [-0.2, 0) is 19.1 Å². The summed E-state index contributed by atoms with van der Waals surface area (Å²) in [5.74, 6) is -1.03. The number of aliphatic hydroxyl groups is 1. The van der Waals surface area contributed by atoms with Crippen molar-refractivity contribution >= 4 is 29.1 Å². The molecular weight excluding hydrogens is 352 g/mol. The van der Waals surface area contributed by atoms with Gasteiger partial charge in [-0.3, -0.25) is 24.2 Å². The Morgan fingerprint density at radius 1 is 1.11 bits per heavy atom. The Morgan fingerprint density at radius 3 is 2.44 bits per heavy atom. The monoisotopic (exact) mass is 374 g/mol. The summed E-state index contributed by atoms with van der Waals surface area (Å²) in [4.78, 5) is 38.9. The zero-order valence-corrected chi connectivity index (χ0v) is 14.8. The molecule has 2 aliphatic heterocycles. The quantitative estimate of drug-likeness (QED) is 0.558. The van der Waals surface area contributed by atoms with Gasteiger partial charge in [-0.2, -0.15) is 0 Å². The van der Waals surface area contributed by atoms with E-state index in [0.717, 1.165) is 18.0 Å². The van der Waals surface area contributed by atoms with Crippen LogP contribution in [-0.4, -0.2) is 78.6 Å². The van der Waals surface area contributed by atoms with Crippen molar-refractivity contribution in [2.75, 3.05) is 56.6 Å². The molecule has 0 radical (unpaired) electrons. The highest BCUT2D eigenvalue weighted by atomic mass is 16.5. The Morgan fingerprint density at radius 2 is 1.78 bits per heavy atom. The van der Waals surface area contributed by atoms with Crippen LogP contribution in [0.4, 0.5) is 11.4 Å². The summed E-state index contributed by atoms with van der Waals surface area (Å²) in [6.07, 6.45) is 1.20. The Hall–Kier alpha value is -2.75. The number of amides is 3. The van der Waals surface area contributed by atoms with Gasteiger partial charge in [0.25, 0.3) is 11.8 Å². The summed E-state index contributed by atoms with van der Waals surface area (Å²) in [5.41, 5.74) is 1.40.